The van der Waals surface area contributed by atoms with Crippen molar-refractivity contribution in [2.45, 2.75) is 31.8 Å². The highest BCUT2D eigenvalue weighted by Gasteiger charge is 2.28. The van der Waals surface area contributed by atoms with Gasteiger partial charge in [-0.05, 0) is 48.9 Å². The number of benzene rings is 1. The summed E-state index contributed by atoms with van der Waals surface area (Å²) in [7, 11) is -3.99. The number of carbonyl (C=O) groups is 1. The Bertz CT molecular complexity index is 1280. The Balaban J connectivity index is 1.43. The maximum atomic E-state index is 13.4. The SMILES string of the molecule is NS(=O)(=O)OCC1CCC(Nc2ncncc2C(=O)c2ccn(Cc3cc(F)cc(F)c3)n2)C1. The smallest absolute Gasteiger partial charge is 0.333 e. The summed E-state index contributed by atoms with van der Waals surface area (Å²) in [6, 6.07) is 4.64. The van der Waals surface area contributed by atoms with Gasteiger partial charge >= 0.3 is 10.3 Å². The molecule has 0 saturated heterocycles. The summed E-state index contributed by atoms with van der Waals surface area (Å²) in [5.74, 6) is -1.47. The number of rotatable bonds is 9. The molecule has 0 amide bonds. The number of ketones is 1. The third kappa shape index (κ3) is 6.18. The maximum Gasteiger partial charge on any atom is 0.333 e. The topological polar surface area (TPSA) is 142 Å². The van der Waals surface area contributed by atoms with Crippen molar-refractivity contribution in [3.05, 3.63) is 71.4 Å². The van der Waals surface area contributed by atoms with Gasteiger partial charge < -0.3 is 5.32 Å². The van der Waals surface area contributed by atoms with Gasteiger partial charge in [-0.3, -0.25) is 13.7 Å². The lowest BCUT2D eigenvalue weighted by Gasteiger charge is -2.15. The lowest BCUT2D eigenvalue weighted by atomic mass is 10.1. The van der Waals surface area contributed by atoms with Crippen LogP contribution in [0.25, 0.3) is 0 Å². The van der Waals surface area contributed by atoms with Gasteiger partial charge in [0.1, 0.15) is 29.5 Å². The molecule has 34 heavy (non-hydrogen) atoms. The van der Waals surface area contributed by atoms with Crippen LogP contribution < -0.4 is 10.5 Å². The highest BCUT2D eigenvalue weighted by Crippen LogP contribution is 2.29. The van der Waals surface area contributed by atoms with E-state index in [0.717, 1.165) is 18.9 Å². The molecule has 180 valence electrons. The maximum absolute atomic E-state index is 13.4. The van der Waals surface area contributed by atoms with E-state index in [-0.39, 0.29) is 36.4 Å². The number of hydrogen-bond donors (Lipinski definition) is 2. The first-order valence-electron chi connectivity index (χ1n) is 10.4. The van der Waals surface area contributed by atoms with Crippen LogP contribution in [-0.2, 0) is 21.0 Å². The highest BCUT2D eigenvalue weighted by molar-refractivity contribution is 7.84. The van der Waals surface area contributed by atoms with Crippen molar-refractivity contribution in [1.82, 2.24) is 19.7 Å². The Morgan fingerprint density at radius 3 is 2.74 bits per heavy atom. The van der Waals surface area contributed by atoms with Crippen molar-refractivity contribution in [3.63, 3.8) is 0 Å². The number of nitrogens with two attached hydrogens (primary N) is 1. The van der Waals surface area contributed by atoms with E-state index in [1.54, 1.807) is 6.20 Å². The molecule has 3 N–H and O–H groups in total. The molecule has 1 saturated carbocycles. The van der Waals surface area contributed by atoms with Gasteiger partial charge in [0.15, 0.2) is 0 Å². The summed E-state index contributed by atoms with van der Waals surface area (Å²) in [5.41, 5.74) is 0.710. The second-order valence-electron chi connectivity index (χ2n) is 8.09. The van der Waals surface area contributed by atoms with Gasteiger partial charge in [-0.1, -0.05) is 0 Å². The number of nitrogens with zero attached hydrogens (tertiary/aromatic N) is 4. The summed E-state index contributed by atoms with van der Waals surface area (Å²) in [5, 5.41) is 12.3. The minimum Gasteiger partial charge on any atom is -0.367 e. The van der Waals surface area contributed by atoms with E-state index in [1.807, 2.05) is 0 Å². The van der Waals surface area contributed by atoms with Crippen LogP contribution in [0, 0.1) is 17.6 Å². The Labute approximate surface area is 194 Å². The number of nitrogens with one attached hydrogen (secondary N) is 1. The molecule has 2 atom stereocenters. The molecule has 4 rings (SSSR count). The fourth-order valence-electron chi connectivity index (χ4n) is 3.95. The summed E-state index contributed by atoms with van der Waals surface area (Å²) in [6.45, 7) is 0.0850. The van der Waals surface area contributed by atoms with E-state index in [2.05, 4.69) is 24.6 Å². The second kappa shape index (κ2) is 9.91. The van der Waals surface area contributed by atoms with Crippen molar-refractivity contribution in [3.8, 4) is 0 Å². The van der Waals surface area contributed by atoms with Crippen molar-refractivity contribution in [1.29, 1.82) is 0 Å². The van der Waals surface area contributed by atoms with Crippen LogP contribution in [0.5, 0.6) is 0 Å². The summed E-state index contributed by atoms with van der Waals surface area (Å²) >= 11 is 0. The van der Waals surface area contributed by atoms with Crippen LogP contribution in [-0.4, -0.2) is 46.6 Å². The van der Waals surface area contributed by atoms with Gasteiger partial charge in [0.25, 0.3) is 0 Å². The van der Waals surface area contributed by atoms with Crippen LogP contribution >= 0.6 is 0 Å². The van der Waals surface area contributed by atoms with E-state index >= 15 is 0 Å². The Kier molecular flexibility index (Phi) is 6.95. The lowest BCUT2D eigenvalue weighted by molar-refractivity contribution is 0.103. The predicted molar refractivity (Wildman–Crippen MR) is 117 cm³/mol. The molecule has 0 radical (unpaired) electrons. The van der Waals surface area contributed by atoms with Gasteiger partial charge in [-0.2, -0.15) is 13.5 Å². The van der Waals surface area contributed by atoms with Crippen LogP contribution in [0.2, 0.25) is 0 Å². The molecule has 10 nitrogen and oxygen atoms in total. The molecule has 2 heterocycles. The summed E-state index contributed by atoms with van der Waals surface area (Å²) in [4.78, 5) is 21.2. The number of anilines is 1. The summed E-state index contributed by atoms with van der Waals surface area (Å²) < 4.78 is 54.9. The van der Waals surface area contributed by atoms with Crippen LogP contribution in [0.15, 0.2) is 43.0 Å². The first-order valence-corrected chi connectivity index (χ1v) is 11.9. The Hall–Kier alpha value is -3.29. The molecular weight excluding hydrogens is 470 g/mol. The highest BCUT2D eigenvalue weighted by atomic mass is 32.2. The van der Waals surface area contributed by atoms with Gasteiger partial charge in [-0.25, -0.2) is 23.9 Å². The Morgan fingerprint density at radius 1 is 1.24 bits per heavy atom. The molecule has 0 spiro atoms. The lowest BCUT2D eigenvalue weighted by Crippen LogP contribution is -2.22. The predicted octanol–water partition coefficient (Wildman–Crippen LogP) is 2.03. The molecule has 2 aromatic heterocycles. The minimum absolute atomic E-state index is 0.000160. The molecule has 0 bridgehead atoms. The standard InChI is InChI=1S/C21H22F2N6O4S/c22-15-5-14(6-16(23)8-15)10-29-4-3-19(28-29)20(30)18-9-25-12-26-21(18)27-17-2-1-13(7-17)11-33-34(24,31)32/h3-6,8-9,12-13,17H,1-2,7,10-11H2,(H2,24,31,32)(H,25,26,27). The van der Waals surface area contributed by atoms with E-state index in [1.165, 1.54) is 35.4 Å². The summed E-state index contributed by atoms with van der Waals surface area (Å²) in [6.07, 6.45) is 6.32. The van der Waals surface area contributed by atoms with Crippen LogP contribution in [0.4, 0.5) is 14.6 Å². The largest absolute Gasteiger partial charge is 0.367 e. The van der Waals surface area contributed by atoms with E-state index in [0.29, 0.717) is 17.8 Å². The zero-order chi connectivity index (χ0) is 24.3. The average molecular weight is 493 g/mol. The van der Waals surface area contributed by atoms with Crippen molar-refractivity contribution in [2.24, 2.45) is 11.1 Å². The van der Waals surface area contributed by atoms with Crippen LogP contribution in [0.3, 0.4) is 0 Å². The van der Waals surface area contributed by atoms with Crippen molar-refractivity contribution < 1.29 is 26.2 Å². The second-order valence-corrected chi connectivity index (χ2v) is 9.31. The first kappa shape index (κ1) is 23.9. The normalized spacial score (nSPS) is 18.2. The number of aromatic nitrogens is 4. The quantitative estimate of drug-likeness (QED) is 0.432. The monoisotopic (exact) mass is 492 g/mol. The third-order valence-electron chi connectivity index (χ3n) is 5.45. The zero-order valence-corrected chi connectivity index (χ0v) is 18.7. The average Bonchev–Trinajstić information content (AvgIpc) is 3.40. The number of halogens is 2. The number of hydrogen-bond acceptors (Lipinski definition) is 8. The molecule has 13 heteroatoms. The van der Waals surface area contributed by atoms with E-state index in [9.17, 15) is 22.0 Å². The molecule has 2 unspecified atom stereocenters. The first-order chi connectivity index (χ1) is 16.2. The van der Waals surface area contributed by atoms with E-state index < -0.39 is 27.7 Å². The van der Waals surface area contributed by atoms with Crippen LogP contribution in [0.1, 0.15) is 40.9 Å². The Morgan fingerprint density at radius 2 is 2.00 bits per heavy atom. The molecule has 1 aliphatic carbocycles. The van der Waals surface area contributed by atoms with E-state index in [4.69, 9.17) is 5.14 Å². The molecule has 1 aliphatic rings. The molecule has 0 aliphatic heterocycles. The molecule has 1 aromatic carbocycles. The molecule has 3 aromatic rings. The minimum atomic E-state index is -3.99. The molecule has 1 fully saturated rings. The van der Waals surface area contributed by atoms with Gasteiger partial charge in [0, 0.05) is 24.5 Å². The van der Waals surface area contributed by atoms with Gasteiger partial charge in [-0.15, -0.1) is 0 Å². The third-order valence-corrected chi connectivity index (χ3v) is 5.91. The number of carbonyl (C=O) groups excluding carboxylic acids is 1. The molecular formula is C21H22F2N6O4S. The fraction of sp³-hybridized carbons (Fsp3) is 0.333. The fourth-order valence-corrected chi connectivity index (χ4v) is 4.33. The van der Waals surface area contributed by atoms with Gasteiger partial charge in [0.05, 0.1) is 18.7 Å². The van der Waals surface area contributed by atoms with Crippen molar-refractivity contribution in [2.75, 3.05) is 11.9 Å². The van der Waals surface area contributed by atoms with Gasteiger partial charge in [0.2, 0.25) is 5.78 Å². The van der Waals surface area contributed by atoms with Crippen molar-refractivity contribution >= 4 is 21.9 Å². The zero-order valence-electron chi connectivity index (χ0n) is 17.9.